The highest BCUT2D eigenvalue weighted by Crippen LogP contribution is 2.45. The maximum absolute atomic E-state index is 14.5. The van der Waals surface area contributed by atoms with Gasteiger partial charge in [0.25, 0.3) is 10.0 Å². The molecular formula is C41H41F5N4O7S. The van der Waals surface area contributed by atoms with E-state index in [1.165, 1.54) is 0 Å². The van der Waals surface area contributed by atoms with Gasteiger partial charge in [-0.15, -0.1) is 0 Å². The van der Waals surface area contributed by atoms with Crippen molar-refractivity contribution < 1.29 is 54.2 Å². The van der Waals surface area contributed by atoms with Gasteiger partial charge < -0.3 is 25.3 Å². The highest BCUT2D eigenvalue weighted by molar-refractivity contribution is 7.90. The molecule has 11 nitrogen and oxygen atoms in total. The molecule has 1 aliphatic carbocycles. The van der Waals surface area contributed by atoms with Crippen molar-refractivity contribution in [2.24, 2.45) is 10.7 Å². The van der Waals surface area contributed by atoms with Crippen LogP contribution in [0.1, 0.15) is 72.4 Å². The Morgan fingerprint density at radius 2 is 1.47 bits per heavy atom. The van der Waals surface area contributed by atoms with Gasteiger partial charge in [-0.3, -0.25) is 4.99 Å². The van der Waals surface area contributed by atoms with Gasteiger partial charge in [0.05, 0.1) is 4.90 Å². The van der Waals surface area contributed by atoms with E-state index in [-0.39, 0.29) is 36.8 Å². The number of esters is 1. The Hall–Kier alpha value is -5.71. The lowest BCUT2D eigenvalue weighted by Crippen LogP contribution is -2.44. The summed E-state index contributed by atoms with van der Waals surface area (Å²) in [6.45, 7) is 8.59. The van der Waals surface area contributed by atoms with Crippen LogP contribution in [0.5, 0.6) is 11.5 Å². The van der Waals surface area contributed by atoms with E-state index in [1.54, 1.807) is 20.8 Å². The molecule has 6 rings (SSSR count). The molecule has 308 valence electrons. The highest BCUT2D eigenvalue weighted by Gasteiger charge is 2.35. The number of guanidine groups is 1. The van der Waals surface area contributed by atoms with Crippen LogP contribution in [0.4, 0.5) is 26.7 Å². The van der Waals surface area contributed by atoms with Gasteiger partial charge in [-0.2, -0.15) is 8.78 Å². The molecule has 2 aliphatic rings. The summed E-state index contributed by atoms with van der Waals surface area (Å²) in [6, 6.07) is 13.2. The molecule has 0 radical (unpaired) electrons. The van der Waals surface area contributed by atoms with Gasteiger partial charge in [0.1, 0.15) is 24.0 Å². The van der Waals surface area contributed by atoms with Crippen molar-refractivity contribution in [3.63, 3.8) is 0 Å². The first kappa shape index (κ1) is 41.9. The van der Waals surface area contributed by atoms with Crippen molar-refractivity contribution in [1.29, 1.82) is 0 Å². The topological polar surface area (TPSA) is 158 Å². The average molecular weight is 829 g/mol. The predicted molar refractivity (Wildman–Crippen MR) is 204 cm³/mol. The second kappa shape index (κ2) is 16.3. The lowest BCUT2D eigenvalue weighted by Gasteiger charge is -2.35. The number of sulfonamides is 1. The number of fused-ring (bicyclic) bond motifs is 4. The third kappa shape index (κ3) is 8.17. The van der Waals surface area contributed by atoms with Crippen LogP contribution in [0.2, 0.25) is 0 Å². The Bertz CT molecular complexity index is 2390. The molecule has 1 aliphatic heterocycles. The van der Waals surface area contributed by atoms with Crippen molar-refractivity contribution in [3.8, 4) is 22.6 Å². The van der Waals surface area contributed by atoms with Gasteiger partial charge in [-0.25, -0.2) is 35.9 Å². The quantitative estimate of drug-likeness (QED) is 0.0208. The number of benzene rings is 4. The van der Waals surface area contributed by atoms with E-state index in [0.717, 1.165) is 27.8 Å². The second-order valence-corrected chi connectivity index (χ2v) is 16.4. The molecule has 17 heteroatoms. The molecule has 0 saturated heterocycles. The van der Waals surface area contributed by atoms with E-state index in [9.17, 15) is 40.0 Å². The Morgan fingerprint density at radius 1 is 0.897 bits per heavy atom. The fourth-order valence-electron chi connectivity index (χ4n) is 7.34. The number of carbonyl (C=O) groups excluding carboxylic acids is 2. The number of aliphatic imine (C=N–C) groups is 1. The van der Waals surface area contributed by atoms with E-state index < -0.39 is 74.5 Å². The van der Waals surface area contributed by atoms with Crippen LogP contribution in [0.15, 0.2) is 58.4 Å². The van der Waals surface area contributed by atoms with E-state index in [1.807, 2.05) is 62.4 Å². The summed E-state index contributed by atoms with van der Waals surface area (Å²) in [5.74, 6) is -15.6. The highest BCUT2D eigenvalue weighted by atomic mass is 32.2. The Labute approximate surface area is 331 Å². The van der Waals surface area contributed by atoms with Gasteiger partial charge >= 0.3 is 12.1 Å². The number of carbonyl (C=O) groups is 2. The zero-order valence-electron chi connectivity index (χ0n) is 32.2. The summed E-state index contributed by atoms with van der Waals surface area (Å²) in [5.41, 5.74) is 11.6. The van der Waals surface area contributed by atoms with E-state index in [2.05, 4.69) is 19.8 Å². The first-order valence-corrected chi connectivity index (χ1v) is 19.8. The smallest absolute Gasteiger partial charge is 0.407 e. The van der Waals surface area contributed by atoms with Gasteiger partial charge in [-0.1, -0.05) is 48.5 Å². The number of ether oxygens (including phenoxy) is 3. The minimum atomic E-state index is -4.26. The van der Waals surface area contributed by atoms with Gasteiger partial charge in [0, 0.05) is 12.5 Å². The van der Waals surface area contributed by atoms with Crippen LogP contribution in [-0.4, -0.2) is 51.2 Å². The standard InChI is InChI=1S/C41H41F5N4O7S/c1-20-21(2)37(22(3)23-16-17-41(4,5)57-35(20)23)58(53,54)50-39(47)48-18-10-15-29(38(51)56-36-33(45)31(43)30(42)32(44)34(36)46)49-40(52)55-19-28-26-13-8-6-11-24(26)25-12-7-9-14-27(25)28/h6-9,11-14,28-29H,10,15-19H2,1-5H3,(H,49,52)(H3,47,48,50). The molecule has 4 aromatic rings. The Balaban J connectivity index is 1.16. The van der Waals surface area contributed by atoms with Crippen molar-refractivity contribution in [3.05, 3.63) is 111 Å². The molecule has 4 N–H and O–H groups in total. The first-order chi connectivity index (χ1) is 27.3. The van der Waals surface area contributed by atoms with Crippen molar-refractivity contribution in [1.82, 2.24) is 10.0 Å². The van der Waals surface area contributed by atoms with E-state index in [4.69, 9.17) is 15.2 Å². The summed E-state index contributed by atoms with van der Waals surface area (Å²) < 4.78 is 116. The number of nitrogens with one attached hydrogen (secondary N) is 2. The monoisotopic (exact) mass is 828 g/mol. The first-order valence-electron chi connectivity index (χ1n) is 18.3. The predicted octanol–water partition coefficient (Wildman–Crippen LogP) is 7.30. The van der Waals surface area contributed by atoms with Gasteiger partial charge in [-0.05, 0) is 105 Å². The van der Waals surface area contributed by atoms with Crippen LogP contribution in [0.3, 0.4) is 0 Å². The average Bonchev–Trinajstić information content (AvgIpc) is 3.50. The molecule has 4 aromatic carbocycles. The summed E-state index contributed by atoms with van der Waals surface area (Å²) in [7, 11) is -4.26. The maximum Gasteiger partial charge on any atom is 0.407 e. The summed E-state index contributed by atoms with van der Waals surface area (Å²) >= 11 is 0. The third-order valence-corrected chi connectivity index (χ3v) is 12.0. The zero-order valence-corrected chi connectivity index (χ0v) is 33.0. The number of rotatable bonds is 11. The van der Waals surface area contributed by atoms with Gasteiger partial charge in [0.15, 0.2) is 0 Å². The Morgan fingerprint density at radius 3 is 2.07 bits per heavy atom. The molecule has 0 spiro atoms. The normalized spacial score (nSPS) is 15.1. The molecule has 0 fully saturated rings. The Kier molecular flexibility index (Phi) is 11.8. The fourth-order valence-corrected chi connectivity index (χ4v) is 8.87. The molecule has 1 heterocycles. The minimum absolute atomic E-state index is 0.0217. The molecule has 1 atom stereocenters. The number of alkyl carbamates (subject to hydrolysis) is 1. The fraction of sp³-hybridized carbons (Fsp3) is 0.341. The summed E-state index contributed by atoms with van der Waals surface area (Å²) in [6.07, 6.45) is -0.407. The largest absolute Gasteiger partial charge is 0.487 e. The van der Waals surface area contributed by atoms with Crippen LogP contribution in [-0.2, 0) is 26.0 Å². The maximum atomic E-state index is 14.5. The number of hydrogen-bond donors (Lipinski definition) is 3. The van der Waals surface area contributed by atoms with Crippen LogP contribution in [0.25, 0.3) is 11.1 Å². The number of halogens is 5. The van der Waals surface area contributed by atoms with Crippen LogP contribution < -0.4 is 25.2 Å². The number of nitrogens with two attached hydrogens (primary N) is 1. The molecule has 0 bridgehead atoms. The molecule has 1 unspecified atom stereocenters. The van der Waals surface area contributed by atoms with Crippen molar-refractivity contribution >= 4 is 28.0 Å². The zero-order chi connectivity index (χ0) is 42.3. The van der Waals surface area contributed by atoms with E-state index in [0.29, 0.717) is 35.3 Å². The molecular weight excluding hydrogens is 788 g/mol. The second-order valence-electron chi connectivity index (χ2n) is 14.7. The van der Waals surface area contributed by atoms with Gasteiger partial charge in [0.2, 0.25) is 40.8 Å². The third-order valence-electron chi connectivity index (χ3n) is 10.4. The summed E-state index contributed by atoms with van der Waals surface area (Å²) in [4.78, 5) is 30.4. The van der Waals surface area contributed by atoms with Crippen LogP contribution in [0, 0.1) is 49.9 Å². The SMILES string of the molecule is Cc1c(C)c(S(=O)(=O)NC(N)=NCCCC(NC(=O)OCC2c3ccccc3-c3ccccc32)C(=O)Oc2c(F)c(F)c(F)c(F)c2F)c(C)c2c1OC(C)(C)CC2. The molecule has 0 aromatic heterocycles. The van der Waals surface area contributed by atoms with E-state index >= 15 is 0 Å². The van der Waals surface area contributed by atoms with Crippen molar-refractivity contribution in [2.45, 2.75) is 82.8 Å². The number of amides is 1. The lowest BCUT2D eigenvalue weighted by atomic mass is 9.88. The number of nitrogens with zero attached hydrogens (tertiary/aromatic N) is 1. The number of hydrogen-bond acceptors (Lipinski definition) is 8. The summed E-state index contributed by atoms with van der Waals surface area (Å²) in [5, 5.41) is 2.24. The lowest BCUT2D eigenvalue weighted by molar-refractivity contribution is -0.137. The molecule has 58 heavy (non-hydrogen) atoms. The molecule has 0 saturated carbocycles. The van der Waals surface area contributed by atoms with Crippen molar-refractivity contribution in [2.75, 3.05) is 13.2 Å². The van der Waals surface area contributed by atoms with Crippen LogP contribution >= 0.6 is 0 Å². The minimum Gasteiger partial charge on any atom is -0.487 e. The molecule has 1 amide bonds.